The predicted molar refractivity (Wildman–Crippen MR) is 93.3 cm³/mol. The number of nitrogens with one attached hydrogen (secondary N) is 1. The molecule has 0 atom stereocenters. The molecule has 1 saturated heterocycles. The second-order valence-corrected chi connectivity index (χ2v) is 5.92. The first-order valence-corrected chi connectivity index (χ1v) is 7.95. The number of anilines is 2. The number of aryl methyl sites for hydroxylation is 2. The highest BCUT2D eigenvalue weighted by Crippen LogP contribution is 2.20. The van der Waals surface area contributed by atoms with Crippen molar-refractivity contribution in [3.63, 3.8) is 0 Å². The Balaban J connectivity index is 1.71. The molecule has 0 bridgehead atoms. The van der Waals surface area contributed by atoms with Crippen molar-refractivity contribution in [3.05, 3.63) is 59.2 Å². The Morgan fingerprint density at radius 1 is 1.04 bits per heavy atom. The van der Waals surface area contributed by atoms with Gasteiger partial charge in [0, 0.05) is 30.0 Å². The van der Waals surface area contributed by atoms with Gasteiger partial charge in [0.25, 0.3) is 5.91 Å². The highest BCUT2D eigenvalue weighted by molar-refractivity contribution is 6.04. The van der Waals surface area contributed by atoms with Crippen LogP contribution in [0.5, 0.6) is 0 Å². The van der Waals surface area contributed by atoms with Gasteiger partial charge in [0.15, 0.2) is 0 Å². The van der Waals surface area contributed by atoms with E-state index < -0.39 is 0 Å². The normalized spacial score (nSPS) is 14.6. The van der Waals surface area contributed by atoms with Crippen LogP contribution < -0.4 is 10.2 Å². The summed E-state index contributed by atoms with van der Waals surface area (Å²) in [6.07, 6.45) is 0. The van der Waals surface area contributed by atoms with Gasteiger partial charge in [0.1, 0.15) is 0 Å². The van der Waals surface area contributed by atoms with Gasteiger partial charge in [-0.2, -0.15) is 0 Å². The number of nitrogens with zero attached hydrogens (tertiary/aromatic N) is 1. The van der Waals surface area contributed by atoms with E-state index in [4.69, 9.17) is 4.74 Å². The first kappa shape index (κ1) is 15.6. The summed E-state index contributed by atoms with van der Waals surface area (Å²) >= 11 is 0. The number of hydrogen-bond acceptors (Lipinski definition) is 3. The molecule has 1 heterocycles. The number of hydrogen-bond donors (Lipinski definition) is 1. The van der Waals surface area contributed by atoms with Crippen LogP contribution in [0.15, 0.2) is 42.5 Å². The summed E-state index contributed by atoms with van der Waals surface area (Å²) in [4.78, 5) is 14.7. The smallest absolute Gasteiger partial charge is 0.255 e. The topological polar surface area (TPSA) is 41.6 Å². The van der Waals surface area contributed by atoms with Gasteiger partial charge in [-0.25, -0.2) is 0 Å². The Kier molecular flexibility index (Phi) is 4.63. The van der Waals surface area contributed by atoms with Crippen LogP contribution >= 0.6 is 0 Å². The summed E-state index contributed by atoms with van der Waals surface area (Å²) in [5.74, 6) is -0.0766. The summed E-state index contributed by atoms with van der Waals surface area (Å²) in [5, 5.41) is 2.99. The van der Waals surface area contributed by atoms with Crippen LogP contribution in [0.3, 0.4) is 0 Å². The van der Waals surface area contributed by atoms with Crippen LogP contribution in [0.2, 0.25) is 0 Å². The molecular formula is C19H22N2O2. The van der Waals surface area contributed by atoms with E-state index >= 15 is 0 Å². The lowest BCUT2D eigenvalue weighted by Crippen LogP contribution is -2.36. The van der Waals surface area contributed by atoms with Gasteiger partial charge in [-0.15, -0.1) is 0 Å². The predicted octanol–water partition coefficient (Wildman–Crippen LogP) is 3.39. The first-order valence-electron chi connectivity index (χ1n) is 7.95. The van der Waals surface area contributed by atoms with Crippen LogP contribution in [0.25, 0.3) is 0 Å². The van der Waals surface area contributed by atoms with E-state index in [0.717, 1.165) is 48.8 Å². The first-order chi connectivity index (χ1) is 11.1. The second kappa shape index (κ2) is 6.84. The van der Waals surface area contributed by atoms with Crippen molar-refractivity contribution in [2.24, 2.45) is 0 Å². The summed E-state index contributed by atoms with van der Waals surface area (Å²) in [6.45, 7) is 7.33. The molecule has 0 spiro atoms. The van der Waals surface area contributed by atoms with Crippen LogP contribution in [0.1, 0.15) is 21.5 Å². The molecule has 0 aromatic heterocycles. The van der Waals surface area contributed by atoms with Crippen molar-refractivity contribution >= 4 is 17.3 Å². The van der Waals surface area contributed by atoms with E-state index in [-0.39, 0.29) is 5.91 Å². The van der Waals surface area contributed by atoms with Gasteiger partial charge in [0.05, 0.1) is 13.2 Å². The molecule has 1 N–H and O–H groups in total. The highest BCUT2D eigenvalue weighted by Gasteiger charge is 2.12. The Bertz CT molecular complexity index is 689. The van der Waals surface area contributed by atoms with Crippen LogP contribution in [-0.2, 0) is 4.74 Å². The minimum Gasteiger partial charge on any atom is -0.378 e. The molecular weight excluding hydrogens is 288 g/mol. The molecule has 23 heavy (non-hydrogen) atoms. The molecule has 4 nitrogen and oxygen atoms in total. The molecule has 3 rings (SSSR count). The molecule has 1 amide bonds. The van der Waals surface area contributed by atoms with Gasteiger partial charge >= 0.3 is 0 Å². The highest BCUT2D eigenvalue weighted by atomic mass is 16.5. The molecule has 0 radical (unpaired) electrons. The molecule has 0 unspecified atom stereocenters. The number of ether oxygens (including phenoxy) is 1. The average molecular weight is 310 g/mol. The van der Waals surface area contributed by atoms with E-state index in [1.165, 1.54) is 0 Å². The molecule has 120 valence electrons. The van der Waals surface area contributed by atoms with Gasteiger partial charge in [-0.3, -0.25) is 4.79 Å². The Morgan fingerprint density at radius 2 is 1.74 bits per heavy atom. The summed E-state index contributed by atoms with van der Waals surface area (Å²) in [7, 11) is 0. The SMILES string of the molecule is Cc1ccc(C)c(NC(=O)c2ccc(N3CCOCC3)cc2)c1. The van der Waals surface area contributed by atoms with E-state index in [0.29, 0.717) is 5.56 Å². The fourth-order valence-electron chi connectivity index (χ4n) is 2.71. The number of benzene rings is 2. The number of carbonyl (C=O) groups excluding carboxylic acids is 1. The molecule has 2 aromatic carbocycles. The quantitative estimate of drug-likeness (QED) is 0.945. The Labute approximate surface area is 137 Å². The third-order valence-electron chi connectivity index (χ3n) is 4.15. The fraction of sp³-hybridized carbons (Fsp3) is 0.316. The third-order valence-corrected chi connectivity index (χ3v) is 4.15. The Hall–Kier alpha value is -2.33. The zero-order valence-corrected chi connectivity index (χ0v) is 13.6. The summed E-state index contributed by atoms with van der Waals surface area (Å²) in [6, 6.07) is 13.8. The molecule has 0 saturated carbocycles. The summed E-state index contributed by atoms with van der Waals surface area (Å²) < 4.78 is 5.36. The molecule has 0 aliphatic carbocycles. The van der Waals surface area contributed by atoms with E-state index in [1.807, 2.05) is 56.3 Å². The number of rotatable bonds is 3. The maximum absolute atomic E-state index is 12.4. The Morgan fingerprint density at radius 3 is 2.43 bits per heavy atom. The van der Waals surface area contributed by atoms with E-state index in [9.17, 15) is 4.79 Å². The molecule has 1 aliphatic rings. The van der Waals surface area contributed by atoms with E-state index in [1.54, 1.807) is 0 Å². The largest absolute Gasteiger partial charge is 0.378 e. The van der Waals surface area contributed by atoms with Crippen LogP contribution in [0.4, 0.5) is 11.4 Å². The lowest BCUT2D eigenvalue weighted by Gasteiger charge is -2.28. The maximum Gasteiger partial charge on any atom is 0.255 e. The number of amides is 1. The monoisotopic (exact) mass is 310 g/mol. The van der Waals surface area contributed by atoms with Crippen molar-refractivity contribution in [2.75, 3.05) is 36.5 Å². The zero-order chi connectivity index (χ0) is 16.2. The number of carbonyl (C=O) groups is 1. The van der Waals surface area contributed by atoms with Crippen LogP contribution in [-0.4, -0.2) is 32.2 Å². The van der Waals surface area contributed by atoms with Crippen molar-refractivity contribution in [2.45, 2.75) is 13.8 Å². The fourth-order valence-corrected chi connectivity index (χ4v) is 2.71. The molecule has 2 aromatic rings. The minimum absolute atomic E-state index is 0.0766. The number of morpholine rings is 1. The molecule has 1 fully saturated rings. The van der Waals surface area contributed by atoms with Crippen molar-refractivity contribution < 1.29 is 9.53 Å². The molecule has 4 heteroatoms. The van der Waals surface area contributed by atoms with Gasteiger partial charge < -0.3 is 15.0 Å². The standard InChI is InChI=1S/C19H22N2O2/c1-14-3-4-15(2)18(13-14)20-19(22)16-5-7-17(8-6-16)21-9-11-23-12-10-21/h3-8,13H,9-12H2,1-2H3,(H,20,22). The summed E-state index contributed by atoms with van der Waals surface area (Å²) in [5.41, 5.74) is 4.87. The van der Waals surface area contributed by atoms with Crippen LogP contribution in [0, 0.1) is 13.8 Å². The van der Waals surface area contributed by atoms with Gasteiger partial charge in [0.2, 0.25) is 0 Å². The lowest BCUT2D eigenvalue weighted by molar-refractivity contribution is 0.102. The molecule has 1 aliphatic heterocycles. The maximum atomic E-state index is 12.4. The van der Waals surface area contributed by atoms with Crippen molar-refractivity contribution in [1.82, 2.24) is 0 Å². The van der Waals surface area contributed by atoms with Crippen molar-refractivity contribution in [1.29, 1.82) is 0 Å². The lowest BCUT2D eigenvalue weighted by atomic mass is 10.1. The van der Waals surface area contributed by atoms with E-state index in [2.05, 4.69) is 10.2 Å². The van der Waals surface area contributed by atoms with Crippen molar-refractivity contribution in [3.8, 4) is 0 Å². The average Bonchev–Trinajstić information content (AvgIpc) is 2.59. The minimum atomic E-state index is -0.0766. The second-order valence-electron chi connectivity index (χ2n) is 5.92. The van der Waals surface area contributed by atoms with Gasteiger partial charge in [-0.05, 0) is 55.3 Å². The zero-order valence-electron chi connectivity index (χ0n) is 13.6. The van der Waals surface area contributed by atoms with Gasteiger partial charge in [-0.1, -0.05) is 12.1 Å². The third kappa shape index (κ3) is 3.71.